The predicted octanol–water partition coefficient (Wildman–Crippen LogP) is 2.23. The summed E-state index contributed by atoms with van der Waals surface area (Å²) in [5.41, 5.74) is 0.738. The van der Waals surface area contributed by atoms with Gasteiger partial charge in [-0.25, -0.2) is 4.98 Å². The molecule has 1 atom stereocenters. The van der Waals surface area contributed by atoms with Crippen molar-refractivity contribution in [3.63, 3.8) is 0 Å². The summed E-state index contributed by atoms with van der Waals surface area (Å²) in [6, 6.07) is 1.77. The molecule has 0 spiro atoms. The zero-order chi connectivity index (χ0) is 13.0. The summed E-state index contributed by atoms with van der Waals surface area (Å²) in [4.78, 5) is 6.53. The van der Waals surface area contributed by atoms with Crippen molar-refractivity contribution in [2.24, 2.45) is 0 Å². The molecule has 0 radical (unpaired) electrons. The van der Waals surface area contributed by atoms with Gasteiger partial charge >= 0.3 is 0 Å². The number of pyridine rings is 1. The Hall–Kier alpha value is -0.840. The number of anilines is 1. The van der Waals surface area contributed by atoms with E-state index < -0.39 is 0 Å². The maximum Gasteiger partial charge on any atom is 0.147 e. The first-order chi connectivity index (χ1) is 8.74. The van der Waals surface area contributed by atoms with Gasteiger partial charge in [0.1, 0.15) is 5.82 Å². The number of nitrogens with zero attached hydrogens (tertiary/aromatic N) is 2. The second-order valence-corrected chi connectivity index (χ2v) is 4.91. The molecule has 18 heavy (non-hydrogen) atoms. The Morgan fingerprint density at radius 2 is 2.44 bits per heavy atom. The van der Waals surface area contributed by atoms with Crippen molar-refractivity contribution in [1.29, 1.82) is 0 Å². The average molecular weight is 271 g/mol. The van der Waals surface area contributed by atoms with Crippen molar-refractivity contribution < 1.29 is 9.84 Å². The van der Waals surface area contributed by atoms with E-state index in [4.69, 9.17) is 21.4 Å². The molecule has 0 aliphatic carbocycles. The highest BCUT2D eigenvalue weighted by molar-refractivity contribution is 6.33. The lowest BCUT2D eigenvalue weighted by Crippen LogP contribution is -2.32. The molecule has 100 valence electrons. The maximum absolute atomic E-state index is 9.06. The number of aromatic nitrogens is 1. The van der Waals surface area contributed by atoms with E-state index in [1.54, 1.807) is 12.3 Å². The Bertz CT molecular complexity index is 401. The van der Waals surface area contributed by atoms with Crippen LogP contribution < -0.4 is 4.90 Å². The van der Waals surface area contributed by atoms with Gasteiger partial charge in [-0.3, -0.25) is 0 Å². The quantitative estimate of drug-likeness (QED) is 0.915. The van der Waals surface area contributed by atoms with Crippen LogP contribution in [0.1, 0.15) is 25.3 Å². The highest BCUT2D eigenvalue weighted by Crippen LogP contribution is 2.26. The molecule has 0 aromatic carbocycles. The monoisotopic (exact) mass is 270 g/mol. The minimum atomic E-state index is -0.0340. The van der Waals surface area contributed by atoms with Crippen molar-refractivity contribution in [2.75, 3.05) is 24.6 Å². The van der Waals surface area contributed by atoms with Gasteiger partial charge in [-0.15, -0.1) is 0 Å². The summed E-state index contributed by atoms with van der Waals surface area (Å²) in [7, 11) is 0. The summed E-state index contributed by atoms with van der Waals surface area (Å²) in [5.74, 6) is 0.790. The minimum absolute atomic E-state index is 0.0340. The molecule has 5 heteroatoms. The summed E-state index contributed by atoms with van der Waals surface area (Å²) in [6.07, 6.45) is 3.88. The first-order valence-electron chi connectivity index (χ1n) is 6.36. The van der Waals surface area contributed by atoms with Crippen molar-refractivity contribution in [3.8, 4) is 0 Å². The predicted molar refractivity (Wildman–Crippen MR) is 72.0 cm³/mol. The van der Waals surface area contributed by atoms with Crippen LogP contribution in [0.25, 0.3) is 0 Å². The third kappa shape index (κ3) is 3.13. The van der Waals surface area contributed by atoms with Gasteiger partial charge in [-0.1, -0.05) is 18.5 Å². The number of hydrogen-bond acceptors (Lipinski definition) is 4. The van der Waals surface area contributed by atoms with Crippen LogP contribution in [0.4, 0.5) is 5.82 Å². The highest BCUT2D eigenvalue weighted by Gasteiger charge is 2.20. The Morgan fingerprint density at radius 3 is 3.11 bits per heavy atom. The van der Waals surface area contributed by atoms with Gasteiger partial charge in [0.2, 0.25) is 0 Å². The lowest BCUT2D eigenvalue weighted by molar-refractivity contribution is 0.0664. The number of aliphatic hydroxyl groups is 1. The Labute approximate surface area is 113 Å². The fourth-order valence-corrected chi connectivity index (χ4v) is 2.43. The minimum Gasteiger partial charge on any atom is -0.392 e. The van der Waals surface area contributed by atoms with E-state index in [-0.39, 0.29) is 12.7 Å². The molecule has 1 aromatic heterocycles. The van der Waals surface area contributed by atoms with Gasteiger partial charge in [0.05, 0.1) is 17.7 Å². The van der Waals surface area contributed by atoms with Gasteiger partial charge in [-0.2, -0.15) is 0 Å². The van der Waals surface area contributed by atoms with Crippen LogP contribution in [0.15, 0.2) is 12.3 Å². The first-order valence-corrected chi connectivity index (χ1v) is 6.74. The summed E-state index contributed by atoms with van der Waals surface area (Å²) < 4.78 is 5.74. The molecule has 2 rings (SSSR count). The van der Waals surface area contributed by atoms with E-state index in [2.05, 4.69) is 16.8 Å². The summed E-state index contributed by atoms with van der Waals surface area (Å²) in [6.45, 7) is 4.61. The molecule has 1 fully saturated rings. The molecule has 0 amide bonds. The lowest BCUT2D eigenvalue weighted by atomic mass is 10.2. The van der Waals surface area contributed by atoms with Crippen molar-refractivity contribution in [3.05, 3.63) is 22.8 Å². The van der Waals surface area contributed by atoms with E-state index >= 15 is 0 Å². The van der Waals surface area contributed by atoms with Crippen molar-refractivity contribution in [2.45, 2.75) is 32.5 Å². The third-order valence-electron chi connectivity index (χ3n) is 3.17. The Kier molecular flexibility index (Phi) is 4.80. The van der Waals surface area contributed by atoms with Crippen LogP contribution in [0.5, 0.6) is 0 Å². The van der Waals surface area contributed by atoms with Gasteiger partial charge in [-0.05, 0) is 24.5 Å². The summed E-state index contributed by atoms with van der Waals surface area (Å²) in [5, 5.41) is 9.65. The number of halogens is 1. The number of aliphatic hydroxyl groups excluding tert-OH is 1. The molecule has 1 aliphatic heterocycles. The van der Waals surface area contributed by atoms with E-state index in [1.807, 2.05) is 0 Å². The molecule has 0 saturated carbocycles. The number of ether oxygens (including phenoxy) is 1. The molecule has 1 unspecified atom stereocenters. The molecule has 1 N–H and O–H groups in total. The molecule has 1 aromatic rings. The fourth-order valence-electron chi connectivity index (χ4n) is 2.12. The lowest BCUT2D eigenvalue weighted by Gasteiger charge is -2.25. The van der Waals surface area contributed by atoms with E-state index in [9.17, 15) is 0 Å². The molecular formula is C13H19ClN2O2. The van der Waals surface area contributed by atoms with E-state index in [0.29, 0.717) is 5.02 Å². The molecular weight excluding hydrogens is 252 g/mol. The van der Waals surface area contributed by atoms with Crippen molar-refractivity contribution >= 4 is 17.4 Å². The zero-order valence-electron chi connectivity index (χ0n) is 10.6. The molecule has 2 heterocycles. The average Bonchev–Trinajstić information content (AvgIpc) is 2.63. The standard InChI is InChI=1S/C13H19ClN2O2/c1-2-11-8-16(4-3-5-18-11)13-12(14)6-10(9-17)7-15-13/h6-7,11,17H,2-5,8-9H2,1H3. The van der Waals surface area contributed by atoms with Crippen LogP contribution >= 0.6 is 11.6 Å². The third-order valence-corrected chi connectivity index (χ3v) is 3.44. The number of rotatable bonds is 3. The first kappa shape index (κ1) is 13.6. The van der Waals surface area contributed by atoms with Crippen molar-refractivity contribution in [1.82, 2.24) is 4.98 Å². The highest BCUT2D eigenvalue weighted by atomic mass is 35.5. The smallest absolute Gasteiger partial charge is 0.147 e. The molecule has 4 nitrogen and oxygen atoms in total. The molecule has 0 bridgehead atoms. The van der Waals surface area contributed by atoms with Gasteiger partial charge < -0.3 is 14.7 Å². The van der Waals surface area contributed by atoms with Crippen LogP contribution in [-0.2, 0) is 11.3 Å². The zero-order valence-corrected chi connectivity index (χ0v) is 11.4. The van der Waals surface area contributed by atoms with Crippen LogP contribution in [0.3, 0.4) is 0 Å². The second-order valence-electron chi connectivity index (χ2n) is 4.51. The van der Waals surface area contributed by atoms with E-state index in [1.165, 1.54) is 0 Å². The molecule has 1 aliphatic rings. The van der Waals surface area contributed by atoms with Gasteiger partial charge in [0.25, 0.3) is 0 Å². The second kappa shape index (κ2) is 6.36. The normalized spacial score (nSPS) is 20.8. The van der Waals surface area contributed by atoms with Gasteiger partial charge in [0.15, 0.2) is 0 Å². The number of hydrogen-bond donors (Lipinski definition) is 1. The SMILES string of the molecule is CCC1CN(c2ncc(CO)cc2Cl)CCCO1. The topological polar surface area (TPSA) is 45.6 Å². The Balaban J connectivity index is 2.18. The maximum atomic E-state index is 9.06. The largest absolute Gasteiger partial charge is 0.392 e. The van der Waals surface area contributed by atoms with Crippen LogP contribution in [0, 0.1) is 0 Å². The van der Waals surface area contributed by atoms with Gasteiger partial charge in [0, 0.05) is 25.9 Å². The summed E-state index contributed by atoms with van der Waals surface area (Å²) >= 11 is 6.23. The van der Waals surface area contributed by atoms with Crippen LogP contribution in [-0.4, -0.2) is 35.9 Å². The van der Waals surface area contributed by atoms with E-state index in [0.717, 1.165) is 43.9 Å². The molecule has 1 saturated heterocycles. The Morgan fingerprint density at radius 1 is 1.61 bits per heavy atom. The fraction of sp³-hybridized carbons (Fsp3) is 0.615. The van der Waals surface area contributed by atoms with Crippen LogP contribution in [0.2, 0.25) is 5.02 Å².